The van der Waals surface area contributed by atoms with E-state index in [0.29, 0.717) is 18.4 Å². The van der Waals surface area contributed by atoms with Gasteiger partial charge in [-0.2, -0.15) is 0 Å². The lowest BCUT2D eigenvalue weighted by Crippen LogP contribution is -2.35. The summed E-state index contributed by atoms with van der Waals surface area (Å²) in [5.41, 5.74) is 6.17. The Morgan fingerprint density at radius 3 is 2.70 bits per heavy atom. The number of hydrogen-bond acceptors (Lipinski definition) is 4. The molecular formula is C14H21N3O3. The largest absolute Gasteiger partial charge is 0.350 e. The molecule has 0 heterocycles. The van der Waals surface area contributed by atoms with Gasteiger partial charge in [-0.1, -0.05) is 12.1 Å². The Kier molecular flexibility index (Phi) is 5.21. The maximum Gasteiger partial charge on any atom is 0.269 e. The van der Waals surface area contributed by atoms with Gasteiger partial charge < -0.3 is 11.1 Å². The molecule has 3 N–H and O–H groups in total. The van der Waals surface area contributed by atoms with Crippen molar-refractivity contribution < 1.29 is 9.72 Å². The number of hydrogen-bond donors (Lipinski definition) is 2. The van der Waals surface area contributed by atoms with Gasteiger partial charge in [0.1, 0.15) is 0 Å². The van der Waals surface area contributed by atoms with Crippen LogP contribution in [0.25, 0.3) is 0 Å². The van der Waals surface area contributed by atoms with Crippen LogP contribution in [0.2, 0.25) is 0 Å². The Hall–Kier alpha value is -1.95. The van der Waals surface area contributed by atoms with E-state index in [1.54, 1.807) is 19.1 Å². The average Bonchev–Trinajstić information content (AvgIpc) is 2.35. The maximum absolute atomic E-state index is 11.8. The number of non-ortho nitro benzene ring substituents is 1. The monoisotopic (exact) mass is 279 g/mol. The molecule has 0 aromatic heterocycles. The summed E-state index contributed by atoms with van der Waals surface area (Å²) in [7, 11) is 0. The summed E-state index contributed by atoms with van der Waals surface area (Å²) in [6.45, 7) is 5.53. The molecule has 0 saturated carbocycles. The smallest absolute Gasteiger partial charge is 0.269 e. The van der Waals surface area contributed by atoms with Crippen LogP contribution in [0.1, 0.15) is 45.2 Å². The Morgan fingerprint density at radius 2 is 2.15 bits per heavy atom. The summed E-state index contributed by atoms with van der Waals surface area (Å²) in [6.07, 6.45) is 0.920. The second-order valence-corrected chi connectivity index (χ2v) is 5.63. The van der Waals surface area contributed by atoms with E-state index in [-0.39, 0.29) is 23.2 Å². The van der Waals surface area contributed by atoms with Gasteiger partial charge in [0.25, 0.3) is 5.69 Å². The summed E-state index contributed by atoms with van der Waals surface area (Å²) in [5.74, 6) is -0.109. The normalized spacial score (nSPS) is 12.8. The lowest BCUT2D eigenvalue weighted by atomic mass is 9.99. The number of nitrogens with zero attached hydrogens (tertiary/aromatic N) is 1. The van der Waals surface area contributed by atoms with Crippen LogP contribution in [0.3, 0.4) is 0 Å². The van der Waals surface area contributed by atoms with Gasteiger partial charge in [-0.15, -0.1) is 0 Å². The lowest BCUT2D eigenvalue weighted by molar-refractivity contribution is -0.384. The quantitative estimate of drug-likeness (QED) is 0.616. The van der Waals surface area contributed by atoms with Crippen molar-refractivity contribution in [2.45, 2.75) is 45.2 Å². The number of nitro benzene ring substituents is 1. The van der Waals surface area contributed by atoms with E-state index >= 15 is 0 Å². The van der Waals surface area contributed by atoms with Gasteiger partial charge >= 0.3 is 0 Å². The van der Waals surface area contributed by atoms with Crippen LogP contribution < -0.4 is 11.1 Å². The Labute approximate surface area is 118 Å². The summed E-state index contributed by atoms with van der Waals surface area (Å²) in [5, 5.41) is 13.5. The van der Waals surface area contributed by atoms with Crippen LogP contribution in [0, 0.1) is 10.1 Å². The molecular weight excluding hydrogens is 258 g/mol. The molecule has 0 aliphatic heterocycles. The molecule has 0 aliphatic carbocycles. The molecule has 1 aromatic carbocycles. The predicted octanol–water partition coefficient (Wildman–Crippen LogP) is 2.29. The highest BCUT2D eigenvalue weighted by atomic mass is 16.6. The number of carbonyl (C=O) groups is 1. The van der Waals surface area contributed by atoms with Gasteiger partial charge in [-0.3, -0.25) is 14.9 Å². The van der Waals surface area contributed by atoms with Gasteiger partial charge in [0, 0.05) is 24.1 Å². The highest BCUT2D eigenvalue weighted by molar-refractivity contribution is 5.76. The molecule has 0 fully saturated rings. The first-order valence-electron chi connectivity index (χ1n) is 6.51. The molecule has 1 amide bonds. The second kappa shape index (κ2) is 6.47. The zero-order chi connectivity index (χ0) is 15.3. The predicted molar refractivity (Wildman–Crippen MR) is 77.2 cm³/mol. The van der Waals surface area contributed by atoms with E-state index in [1.165, 1.54) is 12.1 Å². The first-order valence-corrected chi connectivity index (χ1v) is 6.51. The molecule has 1 unspecified atom stereocenters. The summed E-state index contributed by atoms with van der Waals surface area (Å²) in [4.78, 5) is 22.1. The van der Waals surface area contributed by atoms with E-state index in [2.05, 4.69) is 5.32 Å². The minimum absolute atomic E-state index is 0.0201. The van der Waals surface area contributed by atoms with Crippen molar-refractivity contribution in [1.82, 2.24) is 5.32 Å². The number of nitrogens with one attached hydrogen (secondary N) is 1. The molecule has 6 heteroatoms. The fourth-order valence-corrected chi connectivity index (χ4v) is 1.74. The number of carbonyl (C=O) groups excluding carboxylic acids is 1. The van der Waals surface area contributed by atoms with Gasteiger partial charge in [-0.05, 0) is 32.8 Å². The van der Waals surface area contributed by atoms with Crippen molar-refractivity contribution in [3.05, 3.63) is 39.9 Å². The molecule has 1 atom stereocenters. The van der Waals surface area contributed by atoms with E-state index in [0.717, 1.165) is 0 Å². The van der Waals surface area contributed by atoms with Gasteiger partial charge in [0.2, 0.25) is 5.91 Å². The lowest BCUT2D eigenvalue weighted by Gasteiger charge is -2.19. The molecule has 1 aromatic rings. The zero-order valence-corrected chi connectivity index (χ0v) is 12.1. The van der Waals surface area contributed by atoms with Crippen LogP contribution in [0.5, 0.6) is 0 Å². The third-order valence-corrected chi connectivity index (χ3v) is 2.95. The fourth-order valence-electron chi connectivity index (χ4n) is 1.74. The molecule has 0 saturated heterocycles. The summed E-state index contributed by atoms with van der Waals surface area (Å²) in [6, 6.07) is 5.99. The molecule has 0 aliphatic rings. The third-order valence-electron chi connectivity index (χ3n) is 2.95. The molecule has 6 nitrogen and oxygen atoms in total. The number of nitro groups is 1. The highest BCUT2D eigenvalue weighted by Crippen LogP contribution is 2.19. The van der Waals surface area contributed by atoms with E-state index in [4.69, 9.17) is 5.73 Å². The van der Waals surface area contributed by atoms with Crippen LogP contribution >= 0.6 is 0 Å². The van der Waals surface area contributed by atoms with Crippen LogP contribution in [-0.2, 0) is 4.79 Å². The second-order valence-electron chi connectivity index (χ2n) is 5.63. The molecule has 0 radical (unpaired) electrons. The Morgan fingerprint density at radius 1 is 1.50 bits per heavy atom. The van der Waals surface area contributed by atoms with Crippen LogP contribution in [0.4, 0.5) is 5.69 Å². The van der Waals surface area contributed by atoms with E-state index < -0.39 is 4.92 Å². The first kappa shape index (κ1) is 16.1. The molecule has 0 bridgehead atoms. The van der Waals surface area contributed by atoms with Crippen LogP contribution in [0.15, 0.2) is 24.3 Å². The minimum Gasteiger partial charge on any atom is -0.350 e. The van der Waals surface area contributed by atoms with Crippen molar-refractivity contribution in [2.75, 3.05) is 0 Å². The topological polar surface area (TPSA) is 98.3 Å². The first-order chi connectivity index (χ1) is 9.19. The standard InChI is InChI=1S/C14H21N3O3/c1-10(16-13(18)7-8-14(2,3)15)11-5-4-6-12(9-11)17(19)20/h4-6,9-10H,7-8,15H2,1-3H3,(H,16,18). The molecule has 110 valence electrons. The summed E-state index contributed by atoms with van der Waals surface area (Å²) < 4.78 is 0. The van der Waals surface area contributed by atoms with Crippen molar-refractivity contribution in [3.8, 4) is 0 Å². The summed E-state index contributed by atoms with van der Waals surface area (Å²) >= 11 is 0. The zero-order valence-electron chi connectivity index (χ0n) is 12.1. The van der Waals surface area contributed by atoms with E-state index in [9.17, 15) is 14.9 Å². The molecule has 20 heavy (non-hydrogen) atoms. The Bertz CT molecular complexity index is 495. The number of nitrogens with two attached hydrogens (primary N) is 1. The fraction of sp³-hybridized carbons (Fsp3) is 0.500. The number of amides is 1. The van der Waals surface area contributed by atoms with Crippen molar-refractivity contribution in [1.29, 1.82) is 0 Å². The number of rotatable bonds is 6. The Balaban J connectivity index is 2.62. The van der Waals surface area contributed by atoms with E-state index in [1.807, 2.05) is 13.8 Å². The number of benzene rings is 1. The minimum atomic E-state index is -0.449. The molecule has 1 rings (SSSR count). The van der Waals surface area contributed by atoms with Gasteiger partial charge in [-0.25, -0.2) is 0 Å². The molecule has 0 spiro atoms. The average molecular weight is 279 g/mol. The SMILES string of the molecule is CC(NC(=O)CCC(C)(C)N)c1cccc([N+](=O)[O-])c1. The maximum atomic E-state index is 11.8. The van der Waals surface area contributed by atoms with Crippen molar-refractivity contribution in [3.63, 3.8) is 0 Å². The van der Waals surface area contributed by atoms with Crippen molar-refractivity contribution >= 4 is 11.6 Å². The van der Waals surface area contributed by atoms with Crippen molar-refractivity contribution in [2.24, 2.45) is 5.73 Å². The van der Waals surface area contributed by atoms with Gasteiger partial charge in [0.15, 0.2) is 0 Å². The highest BCUT2D eigenvalue weighted by Gasteiger charge is 2.16. The third kappa shape index (κ3) is 5.36. The van der Waals surface area contributed by atoms with Crippen LogP contribution in [-0.4, -0.2) is 16.4 Å². The van der Waals surface area contributed by atoms with Gasteiger partial charge in [0.05, 0.1) is 11.0 Å².